The molecule has 3 aromatic carbocycles. The van der Waals surface area contributed by atoms with E-state index in [0.29, 0.717) is 34.4 Å². The molecule has 8 nitrogen and oxygen atoms in total. The van der Waals surface area contributed by atoms with E-state index in [1.807, 2.05) is 54.6 Å². The Balaban J connectivity index is 1.65. The first-order chi connectivity index (χ1) is 17.5. The fourth-order valence-corrected chi connectivity index (χ4v) is 3.25. The average molecular weight is 480 g/mol. The lowest BCUT2D eigenvalue weighted by atomic mass is 10.2. The van der Waals surface area contributed by atoms with Crippen LogP contribution in [-0.4, -0.2) is 23.0 Å². The van der Waals surface area contributed by atoms with Gasteiger partial charge in [0.2, 0.25) is 17.7 Å². The Morgan fingerprint density at radius 3 is 2.33 bits per heavy atom. The minimum Gasteiger partial charge on any atom is -0.497 e. The van der Waals surface area contributed by atoms with Crippen LogP contribution in [0.25, 0.3) is 5.70 Å². The molecule has 0 saturated heterocycles. The predicted octanol–water partition coefficient (Wildman–Crippen LogP) is 6.23. The van der Waals surface area contributed by atoms with Gasteiger partial charge < -0.3 is 25.4 Å². The van der Waals surface area contributed by atoms with Crippen LogP contribution in [0.15, 0.2) is 104 Å². The summed E-state index contributed by atoms with van der Waals surface area (Å²) in [5.41, 5.74) is 3.30. The molecule has 0 fully saturated rings. The first-order valence-electron chi connectivity index (χ1n) is 11.0. The molecule has 1 aromatic heterocycles. The summed E-state index contributed by atoms with van der Waals surface area (Å²) in [5.74, 6) is 1.45. The minimum atomic E-state index is -0.319. The molecule has 1 amide bonds. The second-order valence-corrected chi connectivity index (χ2v) is 7.56. The Morgan fingerprint density at radius 1 is 0.889 bits per heavy atom. The first-order valence-corrected chi connectivity index (χ1v) is 11.0. The van der Waals surface area contributed by atoms with Crippen LogP contribution in [0.3, 0.4) is 0 Å². The maximum Gasteiger partial charge on any atom is 0.247 e. The number of hydrogen-bond donors (Lipinski definition) is 3. The Hall–Kier alpha value is -5.11. The Morgan fingerprint density at radius 2 is 1.58 bits per heavy atom. The van der Waals surface area contributed by atoms with Crippen molar-refractivity contribution in [1.29, 1.82) is 0 Å². The molecule has 3 N–H and O–H groups in total. The van der Waals surface area contributed by atoms with Crippen LogP contribution in [0.1, 0.15) is 5.56 Å². The van der Waals surface area contributed by atoms with Crippen molar-refractivity contribution >= 4 is 34.6 Å². The van der Waals surface area contributed by atoms with Gasteiger partial charge in [0.25, 0.3) is 0 Å². The zero-order valence-corrected chi connectivity index (χ0v) is 19.7. The molecule has 0 aliphatic rings. The number of hydrogen-bond acceptors (Lipinski definition) is 7. The molecule has 0 aliphatic carbocycles. The highest BCUT2D eigenvalue weighted by molar-refractivity contribution is 5.98. The van der Waals surface area contributed by atoms with Crippen LogP contribution in [-0.2, 0) is 4.79 Å². The molecule has 1 heterocycles. The number of anilines is 4. The highest BCUT2D eigenvalue weighted by Gasteiger charge is 2.14. The largest absolute Gasteiger partial charge is 0.497 e. The van der Waals surface area contributed by atoms with E-state index in [1.165, 1.54) is 6.08 Å². The molecule has 0 saturated carbocycles. The van der Waals surface area contributed by atoms with Gasteiger partial charge in [0, 0.05) is 41.1 Å². The monoisotopic (exact) mass is 479 g/mol. The summed E-state index contributed by atoms with van der Waals surface area (Å²) in [6, 6.07) is 24.0. The lowest BCUT2D eigenvalue weighted by Crippen LogP contribution is -2.07. The summed E-state index contributed by atoms with van der Waals surface area (Å²) in [6.07, 6.45) is 2.83. The van der Waals surface area contributed by atoms with Crippen LogP contribution < -0.4 is 25.4 Å². The van der Waals surface area contributed by atoms with Gasteiger partial charge in [-0.15, -0.1) is 0 Å². The van der Waals surface area contributed by atoms with Crippen LogP contribution in [0.2, 0.25) is 0 Å². The lowest BCUT2D eigenvalue weighted by Gasteiger charge is -2.15. The first kappa shape index (κ1) is 24.0. The van der Waals surface area contributed by atoms with Gasteiger partial charge in [-0.3, -0.25) is 4.79 Å². The van der Waals surface area contributed by atoms with Gasteiger partial charge in [-0.2, -0.15) is 4.98 Å². The molecule has 4 aromatic rings. The normalized spacial score (nSPS) is 10.1. The van der Waals surface area contributed by atoms with E-state index in [-0.39, 0.29) is 11.8 Å². The maximum absolute atomic E-state index is 11.7. The Kier molecular flexibility index (Phi) is 7.57. The lowest BCUT2D eigenvalue weighted by molar-refractivity contribution is -0.111. The minimum absolute atomic E-state index is 0.274. The van der Waals surface area contributed by atoms with E-state index in [2.05, 4.69) is 39.1 Å². The van der Waals surface area contributed by atoms with Crippen molar-refractivity contribution in [2.75, 3.05) is 23.1 Å². The molecular formula is C28H25N5O3. The summed E-state index contributed by atoms with van der Waals surface area (Å²) in [5, 5.41) is 9.14. The smallest absolute Gasteiger partial charge is 0.247 e. The third kappa shape index (κ3) is 6.27. The van der Waals surface area contributed by atoms with Crippen molar-refractivity contribution in [2.45, 2.75) is 0 Å². The van der Waals surface area contributed by atoms with E-state index in [1.54, 1.807) is 37.6 Å². The molecule has 4 rings (SSSR count). The number of rotatable bonds is 10. The van der Waals surface area contributed by atoms with E-state index in [9.17, 15) is 4.79 Å². The van der Waals surface area contributed by atoms with Crippen molar-refractivity contribution in [3.8, 4) is 17.4 Å². The van der Waals surface area contributed by atoms with E-state index >= 15 is 0 Å². The number of nitrogens with zero attached hydrogens (tertiary/aromatic N) is 2. The molecule has 0 aliphatic heterocycles. The summed E-state index contributed by atoms with van der Waals surface area (Å²) < 4.78 is 11.4. The standard InChI is InChI=1S/C28H25N5O3/c1-4-26(34)31-21-12-9-15-24(17-21)36-27-25(19(2)30-20-10-6-5-7-11-20)18-29-28(33-27)32-22-13-8-14-23(16-22)35-3/h4-18,30H,1-2H2,3H3,(H,31,34)(H,29,32,33). The van der Waals surface area contributed by atoms with Crippen LogP contribution in [0.4, 0.5) is 23.0 Å². The molecule has 0 unspecified atom stereocenters. The van der Waals surface area contributed by atoms with E-state index in [0.717, 1.165) is 11.4 Å². The van der Waals surface area contributed by atoms with E-state index < -0.39 is 0 Å². The number of para-hydroxylation sites is 1. The number of aromatic nitrogens is 2. The summed E-state index contributed by atoms with van der Waals surface area (Å²) >= 11 is 0. The maximum atomic E-state index is 11.7. The zero-order valence-electron chi connectivity index (χ0n) is 19.7. The Bertz CT molecular complexity index is 1390. The average Bonchev–Trinajstić information content (AvgIpc) is 2.89. The third-order valence-electron chi connectivity index (χ3n) is 4.98. The molecule has 0 radical (unpaired) electrons. The molecule has 180 valence electrons. The van der Waals surface area contributed by atoms with Gasteiger partial charge in [-0.05, 0) is 42.5 Å². The fourth-order valence-electron chi connectivity index (χ4n) is 3.25. The molecule has 0 bridgehead atoms. The number of ether oxygens (including phenoxy) is 2. The number of carbonyl (C=O) groups excluding carboxylic acids is 1. The predicted molar refractivity (Wildman–Crippen MR) is 143 cm³/mol. The van der Waals surface area contributed by atoms with Gasteiger partial charge >= 0.3 is 0 Å². The summed E-state index contributed by atoms with van der Waals surface area (Å²) in [4.78, 5) is 20.8. The number of methoxy groups -OCH3 is 1. The number of benzene rings is 3. The molecular weight excluding hydrogens is 454 g/mol. The van der Waals surface area contributed by atoms with Gasteiger partial charge in [0.1, 0.15) is 11.5 Å². The second kappa shape index (κ2) is 11.3. The number of amides is 1. The fraction of sp³-hybridized carbons (Fsp3) is 0.0357. The Labute approximate surface area is 209 Å². The molecule has 36 heavy (non-hydrogen) atoms. The van der Waals surface area contributed by atoms with Crippen molar-refractivity contribution in [2.24, 2.45) is 0 Å². The quantitative estimate of drug-likeness (QED) is 0.232. The highest BCUT2D eigenvalue weighted by Crippen LogP contribution is 2.31. The van der Waals surface area contributed by atoms with Crippen LogP contribution in [0, 0.1) is 0 Å². The SMILES string of the molecule is C=CC(=O)Nc1cccc(Oc2nc(Nc3cccc(OC)c3)ncc2C(=C)Nc2ccccc2)c1. The van der Waals surface area contributed by atoms with Crippen molar-refractivity contribution in [3.05, 3.63) is 110 Å². The third-order valence-corrected chi connectivity index (χ3v) is 4.98. The highest BCUT2D eigenvalue weighted by atomic mass is 16.5. The van der Waals surface area contributed by atoms with Gasteiger partial charge in [0.15, 0.2) is 0 Å². The van der Waals surface area contributed by atoms with Gasteiger partial charge in [-0.1, -0.05) is 43.5 Å². The second-order valence-electron chi connectivity index (χ2n) is 7.56. The summed E-state index contributed by atoms with van der Waals surface area (Å²) in [7, 11) is 1.60. The van der Waals surface area contributed by atoms with Crippen molar-refractivity contribution in [1.82, 2.24) is 9.97 Å². The van der Waals surface area contributed by atoms with E-state index in [4.69, 9.17) is 9.47 Å². The summed E-state index contributed by atoms with van der Waals surface area (Å²) in [6.45, 7) is 7.63. The van der Waals surface area contributed by atoms with Gasteiger partial charge in [-0.25, -0.2) is 4.98 Å². The van der Waals surface area contributed by atoms with Crippen molar-refractivity contribution in [3.63, 3.8) is 0 Å². The zero-order chi connectivity index (χ0) is 25.3. The van der Waals surface area contributed by atoms with Gasteiger partial charge in [0.05, 0.1) is 12.7 Å². The topological polar surface area (TPSA) is 97.4 Å². The van der Waals surface area contributed by atoms with Crippen molar-refractivity contribution < 1.29 is 14.3 Å². The molecule has 0 atom stereocenters. The number of nitrogens with one attached hydrogen (secondary N) is 3. The number of carbonyl (C=O) groups is 1. The molecule has 8 heteroatoms. The molecule has 0 spiro atoms. The van der Waals surface area contributed by atoms with Crippen LogP contribution in [0.5, 0.6) is 17.4 Å². The van der Waals surface area contributed by atoms with Crippen LogP contribution >= 0.6 is 0 Å².